The van der Waals surface area contributed by atoms with Gasteiger partial charge in [-0.2, -0.15) is 0 Å². The fraction of sp³-hybridized carbons (Fsp3) is 0.533. The molecule has 1 saturated heterocycles. The number of nitrogens with one attached hydrogen (secondary N) is 2. The zero-order valence-corrected chi connectivity index (χ0v) is 12.9. The van der Waals surface area contributed by atoms with Crippen molar-refractivity contribution in [2.75, 3.05) is 19.7 Å². The molecule has 0 spiro atoms. The molecule has 0 radical (unpaired) electrons. The van der Waals surface area contributed by atoms with Crippen molar-refractivity contribution in [2.24, 2.45) is 0 Å². The van der Waals surface area contributed by atoms with Gasteiger partial charge in [-0.15, -0.1) is 0 Å². The van der Waals surface area contributed by atoms with E-state index in [0.29, 0.717) is 13.2 Å². The van der Waals surface area contributed by atoms with Gasteiger partial charge >= 0.3 is 0 Å². The lowest BCUT2D eigenvalue weighted by Gasteiger charge is -2.44. The number of ether oxygens (including phenoxy) is 1. The van der Waals surface area contributed by atoms with Crippen LogP contribution in [0.3, 0.4) is 0 Å². The third kappa shape index (κ3) is 2.75. The van der Waals surface area contributed by atoms with E-state index in [1.807, 2.05) is 12.1 Å². The molecule has 0 bridgehead atoms. The summed E-state index contributed by atoms with van der Waals surface area (Å²) in [5.74, 6) is -0.00289. The summed E-state index contributed by atoms with van der Waals surface area (Å²) in [6.07, 6.45) is 2.77. The Balaban J connectivity index is 1.74. The van der Waals surface area contributed by atoms with Gasteiger partial charge in [0.05, 0.1) is 12.1 Å². The highest BCUT2D eigenvalue weighted by atomic mass is 79.9. The van der Waals surface area contributed by atoms with Gasteiger partial charge in [0.15, 0.2) is 0 Å². The minimum absolute atomic E-state index is 0.00289. The van der Waals surface area contributed by atoms with Crippen molar-refractivity contribution in [2.45, 2.75) is 30.9 Å². The lowest BCUT2D eigenvalue weighted by atomic mass is 9.71. The highest BCUT2D eigenvalue weighted by molar-refractivity contribution is 9.10. The van der Waals surface area contributed by atoms with Gasteiger partial charge in [0, 0.05) is 17.6 Å². The van der Waals surface area contributed by atoms with Crippen molar-refractivity contribution in [3.8, 4) is 0 Å². The Morgan fingerprint density at radius 2 is 2.30 bits per heavy atom. The predicted octanol–water partition coefficient (Wildman–Crippen LogP) is 1.93. The number of hydrogen-bond donors (Lipinski definition) is 2. The summed E-state index contributed by atoms with van der Waals surface area (Å²) in [5.41, 5.74) is 0.969. The Hall–Kier alpha value is -0.910. The maximum atomic E-state index is 12.4. The van der Waals surface area contributed by atoms with Crippen molar-refractivity contribution in [3.05, 3.63) is 34.3 Å². The van der Waals surface area contributed by atoms with Gasteiger partial charge in [0.2, 0.25) is 0 Å². The summed E-state index contributed by atoms with van der Waals surface area (Å²) in [5, 5.41) is 6.41. The summed E-state index contributed by atoms with van der Waals surface area (Å²) in [6, 6.07) is 8.21. The number of hydrogen-bond acceptors (Lipinski definition) is 3. The van der Waals surface area contributed by atoms with E-state index < -0.39 is 0 Å². The normalized spacial score (nSPS) is 24.8. The zero-order valence-electron chi connectivity index (χ0n) is 11.3. The van der Waals surface area contributed by atoms with E-state index in [0.717, 1.165) is 30.3 Å². The Bertz CT molecular complexity index is 496. The van der Waals surface area contributed by atoms with E-state index in [2.05, 4.69) is 38.7 Å². The van der Waals surface area contributed by atoms with E-state index in [4.69, 9.17) is 4.74 Å². The minimum atomic E-state index is -0.367. The fourth-order valence-electron chi connectivity index (χ4n) is 2.85. The molecule has 2 fully saturated rings. The molecule has 0 aromatic heterocycles. The highest BCUT2D eigenvalue weighted by Gasteiger charge is 2.41. The fourth-order valence-corrected chi connectivity index (χ4v) is 3.25. The number of carbonyl (C=O) groups excluding carboxylic acids is 1. The van der Waals surface area contributed by atoms with Crippen LogP contribution >= 0.6 is 15.9 Å². The van der Waals surface area contributed by atoms with Crippen LogP contribution < -0.4 is 10.6 Å². The molecule has 1 aromatic rings. The van der Waals surface area contributed by atoms with Crippen LogP contribution in [0.5, 0.6) is 0 Å². The van der Waals surface area contributed by atoms with Crippen LogP contribution in [-0.4, -0.2) is 31.7 Å². The second kappa shape index (κ2) is 5.84. The number of rotatable bonds is 3. The molecule has 2 N–H and O–H groups in total. The molecule has 3 rings (SSSR count). The molecule has 4 nitrogen and oxygen atoms in total. The van der Waals surface area contributed by atoms with Gasteiger partial charge < -0.3 is 15.4 Å². The summed E-state index contributed by atoms with van der Waals surface area (Å²) in [6.45, 7) is 2.02. The van der Waals surface area contributed by atoms with E-state index in [1.165, 1.54) is 5.56 Å². The van der Waals surface area contributed by atoms with Crippen molar-refractivity contribution in [1.29, 1.82) is 0 Å². The maximum absolute atomic E-state index is 12.4. The molecule has 1 unspecified atom stereocenters. The quantitative estimate of drug-likeness (QED) is 0.885. The van der Waals surface area contributed by atoms with Gasteiger partial charge in [-0.1, -0.05) is 28.1 Å². The number of morpholine rings is 1. The molecule has 1 atom stereocenters. The third-order valence-electron chi connectivity index (χ3n) is 4.17. The van der Waals surface area contributed by atoms with Crippen molar-refractivity contribution >= 4 is 21.8 Å². The molecular formula is C15H19BrN2O2. The van der Waals surface area contributed by atoms with Crippen molar-refractivity contribution in [3.63, 3.8) is 0 Å². The van der Waals surface area contributed by atoms with E-state index in [1.54, 1.807) is 0 Å². The minimum Gasteiger partial charge on any atom is -0.366 e. The summed E-state index contributed by atoms with van der Waals surface area (Å²) < 4.78 is 6.58. The number of amides is 1. The van der Waals surface area contributed by atoms with Gasteiger partial charge in [0.1, 0.15) is 6.10 Å². The Morgan fingerprint density at radius 3 is 2.90 bits per heavy atom. The Morgan fingerprint density at radius 1 is 1.45 bits per heavy atom. The van der Waals surface area contributed by atoms with E-state index in [9.17, 15) is 4.79 Å². The van der Waals surface area contributed by atoms with Crippen LogP contribution in [0.25, 0.3) is 0 Å². The molecule has 2 aliphatic rings. The van der Waals surface area contributed by atoms with E-state index >= 15 is 0 Å². The molecule has 1 saturated carbocycles. The Kier molecular flexibility index (Phi) is 4.10. The first-order valence-corrected chi connectivity index (χ1v) is 7.89. The third-order valence-corrected chi connectivity index (χ3v) is 4.66. The second-order valence-corrected chi connectivity index (χ2v) is 6.41. The summed E-state index contributed by atoms with van der Waals surface area (Å²) >= 11 is 3.50. The molecule has 5 heteroatoms. The van der Waals surface area contributed by atoms with Crippen LogP contribution in [0.2, 0.25) is 0 Å². The van der Waals surface area contributed by atoms with Crippen molar-refractivity contribution < 1.29 is 9.53 Å². The topological polar surface area (TPSA) is 50.4 Å². The standard InChI is InChI=1S/C15H19BrN2O2/c16-12-4-1-3-11(9-12)15(5-2-6-15)18-14(19)13-10-17-7-8-20-13/h1,3-4,9,13,17H,2,5-8,10H2,(H,18,19). The molecule has 20 heavy (non-hydrogen) atoms. The van der Waals surface area contributed by atoms with Crippen LogP contribution in [-0.2, 0) is 15.1 Å². The first-order chi connectivity index (χ1) is 9.70. The number of halogens is 1. The van der Waals surface area contributed by atoms with Crippen molar-refractivity contribution in [1.82, 2.24) is 10.6 Å². The summed E-state index contributed by atoms with van der Waals surface area (Å²) in [4.78, 5) is 12.4. The lowest BCUT2D eigenvalue weighted by molar-refractivity contribution is -0.137. The zero-order chi connectivity index (χ0) is 14.0. The highest BCUT2D eigenvalue weighted by Crippen LogP contribution is 2.42. The first kappa shape index (κ1) is 14.0. The van der Waals surface area contributed by atoms with Crippen LogP contribution in [0.4, 0.5) is 0 Å². The molecule has 108 valence electrons. The molecule has 1 aliphatic carbocycles. The van der Waals surface area contributed by atoms with Crippen LogP contribution in [0.15, 0.2) is 28.7 Å². The maximum Gasteiger partial charge on any atom is 0.251 e. The second-order valence-electron chi connectivity index (χ2n) is 5.50. The van der Waals surface area contributed by atoms with Gasteiger partial charge in [0.25, 0.3) is 5.91 Å². The monoisotopic (exact) mass is 338 g/mol. The SMILES string of the molecule is O=C(NC1(c2cccc(Br)c2)CCC1)C1CNCCO1. The Labute approximate surface area is 127 Å². The molecular weight excluding hydrogens is 320 g/mol. The summed E-state index contributed by atoms with van der Waals surface area (Å²) in [7, 11) is 0. The number of benzene rings is 1. The largest absolute Gasteiger partial charge is 0.366 e. The van der Waals surface area contributed by atoms with Gasteiger partial charge in [-0.25, -0.2) is 0 Å². The molecule has 1 amide bonds. The van der Waals surface area contributed by atoms with Gasteiger partial charge in [-0.05, 0) is 37.0 Å². The van der Waals surface area contributed by atoms with Crippen LogP contribution in [0, 0.1) is 0 Å². The van der Waals surface area contributed by atoms with Crippen LogP contribution in [0.1, 0.15) is 24.8 Å². The average Bonchev–Trinajstić information content (AvgIpc) is 2.43. The predicted molar refractivity (Wildman–Crippen MR) is 80.4 cm³/mol. The molecule has 1 heterocycles. The lowest BCUT2D eigenvalue weighted by Crippen LogP contribution is -2.56. The smallest absolute Gasteiger partial charge is 0.251 e. The molecule has 1 aliphatic heterocycles. The average molecular weight is 339 g/mol. The molecule has 1 aromatic carbocycles. The first-order valence-electron chi connectivity index (χ1n) is 7.10. The van der Waals surface area contributed by atoms with E-state index in [-0.39, 0.29) is 17.6 Å². The van der Waals surface area contributed by atoms with Gasteiger partial charge in [-0.3, -0.25) is 4.79 Å². The number of carbonyl (C=O) groups is 1.